The van der Waals surface area contributed by atoms with Crippen LogP contribution in [0.3, 0.4) is 0 Å². The molecule has 8 heteroatoms. The first-order valence-corrected chi connectivity index (χ1v) is 8.88. The number of amides is 1. The number of benzene rings is 2. The van der Waals surface area contributed by atoms with Gasteiger partial charge in [0.2, 0.25) is 6.41 Å². The third-order valence-electron chi connectivity index (χ3n) is 4.18. The lowest BCUT2D eigenvalue weighted by atomic mass is 9.91. The molecule has 1 amide bonds. The van der Waals surface area contributed by atoms with Crippen molar-refractivity contribution in [3.05, 3.63) is 59.4 Å². The second-order valence-corrected chi connectivity index (χ2v) is 6.15. The van der Waals surface area contributed by atoms with Gasteiger partial charge in [0.05, 0.1) is 6.26 Å². The predicted octanol–water partition coefficient (Wildman–Crippen LogP) is 4.25. The van der Waals surface area contributed by atoms with Crippen LogP contribution in [0.2, 0.25) is 0 Å². The molecule has 0 radical (unpaired) electrons. The summed E-state index contributed by atoms with van der Waals surface area (Å²) in [5.41, 5.74) is 3.63. The maximum atomic E-state index is 12.4. The van der Waals surface area contributed by atoms with Gasteiger partial charge in [0.1, 0.15) is 11.5 Å². The molecule has 2 rings (SSSR count). The first-order chi connectivity index (χ1) is 13.8. The van der Waals surface area contributed by atoms with Gasteiger partial charge in [-0.2, -0.15) is 0 Å². The SMILES string of the molecule is C/C=C/Oc1c(C)c(-c2ccc(OC(F)(F)F)cc2)cc(CNC=O)c1CCO. The van der Waals surface area contributed by atoms with Crippen LogP contribution in [0, 0.1) is 6.92 Å². The molecule has 0 spiro atoms. The normalized spacial score (nSPS) is 11.5. The number of carbonyl (C=O) groups excluding carboxylic acids is 1. The Morgan fingerprint density at radius 2 is 1.90 bits per heavy atom. The third kappa shape index (κ3) is 5.99. The molecule has 0 aliphatic heterocycles. The summed E-state index contributed by atoms with van der Waals surface area (Å²) >= 11 is 0. The van der Waals surface area contributed by atoms with Gasteiger partial charge in [-0.15, -0.1) is 13.2 Å². The smallest absolute Gasteiger partial charge is 0.465 e. The maximum Gasteiger partial charge on any atom is 0.573 e. The van der Waals surface area contributed by atoms with E-state index in [9.17, 15) is 23.1 Å². The number of halogens is 3. The number of aliphatic hydroxyl groups excluding tert-OH is 1. The van der Waals surface area contributed by atoms with Crippen LogP contribution in [0.4, 0.5) is 13.2 Å². The Morgan fingerprint density at radius 3 is 2.45 bits per heavy atom. The fourth-order valence-corrected chi connectivity index (χ4v) is 2.99. The molecule has 0 aromatic heterocycles. The maximum absolute atomic E-state index is 12.4. The lowest BCUT2D eigenvalue weighted by Crippen LogP contribution is -2.17. The van der Waals surface area contributed by atoms with Crippen LogP contribution in [0.5, 0.6) is 11.5 Å². The summed E-state index contributed by atoms with van der Waals surface area (Å²) in [7, 11) is 0. The summed E-state index contributed by atoms with van der Waals surface area (Å²) in [4.78, 5) is 10.8. The van der Waals surface area contributed by atoms with Crippen LogP contribution in [0.1, 0.15) is 23.6 Å². The lowest BCUT2D eigenvalue weighted by Gasteiger charge is -2.20. The van der Waals surface area contributed by atoms with Crippen molar-refractivity contribution in [1.29, 1.82) is 0 Å². The molecule has 5 nitrogen and oxygen atoms in total. The molecule has 156 valence electrons. The van der Waals surface area contributed by atoms with Crippen molar-refractivity contribution in [2.75, 3.05) is 6.61 Å². The minimum atomic E-state index is -4.76. The molecule has 2 N–H and O–H groups in total. The molecular weight excluding hydrogens is 387 g/mol. The number of hydrogen-bond acceptors (Lipinski definition) is 4. The van der Waals surface area contributed by atoms with E-state index < -0.39 is 6.36 Å². The Bertz CT molecular complexity index is 862. The van der Waals surface area contributed by atoms with E-state index in [-0.39, 0.29) is 18.9 Å². The highest BCUT2D eigenvalue weighted by molar-refractivity contribution is 5.73. The van der Waals surface area contributed by atoms with E-state index >= 15 is 0 Å². The highest BCUT2D eigenvalue weighted by atomic mass is 19.4. The summed E-state index contributed by atoms with van der Waals surface area (Å²) < 4.78 is 46.8. The summed E-state index contributed by atoms with van der Waals surface area (Å²) in [6.07, 6.45) is -0.656. The third-order valence-corrected chi connectivity index (χ3v) is 4.18. The van der Waals surface area contributed by atoms with Gasteiger partial charge in [0.25, 0.3) is 0 Å². The van der Waals surface area contributed by atoms with E-state index in [1.807, 2.05) is 13.0 Å². The van der Waals surface area contributed by atoms with E-state index in [2.05, 4.69) is 10.1 Å². The van der Waals surface area contributed by atoms with Crippen molar-refractivity contribution in [2.24, 2.45) is 0 Å². The van der Waals surface area contributed by atoms with E-state index in [4.69, 9.17) is 4.74 Å². The molecular formula is C21H22F3NO4. The monoisotopic (exact) mass is 409 g/mol. The first kappa shape index (κ1) is 22.3. The molecule has 2 aromatic rings. The number of hydrogen-bond donors (Lipinski definition) is 2. The number of alkyl halides is 3. The first-order valence-electron chi connectivity index (χ1n) is 8.88. The van der Waals surface area contributed by atoms with E-state index in [0.717, 1.165) is 22.3 Å². The standard InChI is InChI=1S/C21H22F3NO4/c1-3-10-28-20-14(2)19(11-16(12-25-13-27)18(20)8-9-26)15-4-6-17(7-5-15)29-21(22,23)24/h3-7,10-11,13,26H,8-9,12H2,1-2H3,(H,25,27)/b10-3+. The van der Waals surface area contributed by atoms with Gasteiger partial charge in [-0.3, -0.25) is 4.79 Å². The summed E-state index contributed by atoms with van der Waals surface area (Å²) in [6, 6.07) is 7.34. The molecule has 0 fully saturated rings. The predicted molar refractivity (Wildman–Crippen MR) is 102 cm³/mol. The second-order valence-electron chi connectivity index (χ2n) is 6.15. The average Bonchev–Trinajstić information content (AvgIpc) is 2.67. The Balaban J connectivity index is 2.56. The van der Waals surface area contributed by atoms with Gasteiger partial charge in [0.15, 0.2) is 0 Å². The molecule has 0 atom stereocenters. The number of ether oxygens (including phenoxy) is 2. The molecule has 0 saturated carbocycles. The molecule has 0 aliphatic carbocycles. The quantitative estimate of drug-likeness (QED) is 0.480. The molecule has 0 saturated heterocycles. The van der Waals surface area contributed by atoms with E-state index in [1.54, 1.807) is 13.0 Å². The van der Waals surface area contributed by atoms with Gasteiger partial charge < -0.3 is 19.9 Å². The zero-order valence-electron chi connectivity index (χ0n) is 16.0. The van der Waals surface area contributed by atoms with Crippen LogP contribution in [-0.2, 0) is 17.8 Å². The van der Waals surface area contributed by atoms with Crippen LogP contribution >= 0.6 is 0 Å². The average molecular weight is 409 g/mol. The van der Waals surface area contributed by atoms with E-state index in [1.165, 1.54) is 30.5 Å². The van der Waals surface area contributed by atoms with Gasteiger partial charge in [-0.1, -0.05) is 18.2 Å². The van der Waals surface area contributed by atoms with E-state index in [0.29, 0.717) is 24.1 Å². The zero-order valence-corrected chi connectivity index (χ0v) is 16.0. The van der Waals surface area contributed by atoms with Gasteiger partial charge >= 0.3 is 6.36 Å². The Kier molecular flexibility index (Phi) is 7.67. The molecule has 2 aromatic carbocycles. The summed E-state index contributed by atoms with van der Waals surface area (Å²) in [5, 5.41) is 12.0. The summed E-state index contributed by atoms with van der Waals surface area (Å²) in [5.74, 6) is 0.219. The van der Waals surface area contributed by atoms with Crippen molar-refractivity contribution < 1.29 is 32.5 Å². The highest BCUT2D eigenvalue weighted by Gasteiger charge is 2.31. The van der Waals surface area contributed by atoms with Crippen molar-refractivity contribution >= 4 is 6.41 Å². The number of rotatable bonds is 9. The number of nitrogens with one attached hydrogen (secondary N) is 1. The number of carbonyl (C=O) groups is 1. The molecule has 0 heterocycles. The van der Waals surface area contributed by atoms with Gasteiger partial charge in [-0.05, 0) is 60.7 Å². The number of allylic oxidation sites excluding steroid dienone is 1. The largest absolute Gasteiger partial charge is 0.573 e. The second kappa shape index (κ2) is 9.97. The highest BCUT2D eigenvalue weighted by Crippen LogP contribution is 2.37. The Hall–Kier alpha value is -3.00. The van der Waals surface area contributed by atoms with Gasteiger partial charge in [0, 0.05) is 18.7 Å². The minimum absolute atomic E-state index is 0.109. The molecule has 29 heavy (non-hydrogen) atoms. The van der Waals surface area contributed by atoms with Crippen LogP contribution in [0.25, 0.3) is 11.1 Å². The lowest BCUT2D eigenvalue weighted by molar-refractivity contribution is -0.274. The Morgan fingerprint density at radius 1 is 1.21 bits per heavy atom. The fourth-order valence-electron chi connectivity index (χ4n) is 2.99. The fraction of sp³-hybridized carbons (Fsp3) is 0.286. The Labute approximate surface area is 166 Å². The number of aliphatic hydroxyl groups is 1. The molecule has 0 bridgehead atoms. The van der Waals surface area contributed by atoms with Crippen LogP contribution < -0.4 is 14.8 Å². The minimum Gasteiger partial charge on any atom is -0.465 e. The van der Waals surface area contributed by atoms with Crippen molar-refractivity contribution in [3.8, 4) is 22.6 Å². The topological polar surface area (TPSA) is 67.8 Å². The molecule has 0 aliphatic rings. The van der Waals surface area contributed by atoms with Crippen molar-refractivity contribution in [2.45, 2.75) is 33.2 Å². The summed E-state index contributed by atoms with van der Waals surface area (Å²) in [6.45, 7) is 3.72. The zero-order chi connectivity index (χ0) is 21.4. The van der Waals surface area contributed by atoms with Gasteiger partial charge in [-0.25, -0.2) is 0 Å². The van der Waals surface area contributed by atoms with Crippen LogP contribution in [-0.4, -0.2) is 24.5 Å². The molecule has 0 unspecified atom stereocenters. The van der Waals surface area contributed by atoms with Crippen molar-refractivity contribution in [1.82, 2.24) is 5.32 Å². The van der Waals surface area contributed by atoms with Crippen molar-refractivity contribution in [3.63, 3.8) is 0 Å². The van der Waals surface area contributed by atoms with Crippen LogP contribution in [0.15, 0.2) is 42.7 Å².